The molecule has 2 heterocycles. The van der Waals surface area contributed by atoms with Gasteiger partial charge in [0.1, 0.15) is 5.82 Å². The highest BCUT2D eigenvalue weighted by molar-refractivity contribution is 5.76. The summed E-state index contributed by atoms with van der Waals surface area (Å²) in [6, 6.07) is 6.60. The Bertz CT molecular complexity index is 603. The molecule has 1 N–H and O–H groups in total. The van der Waals surface area contributed by atoms with Crippen molar-refractivity contribution in [1.82, 2.24) is 19.8 Å². The lowest BCUT2D eigenvalue weighted by atomic mass is 9.88. The zero-order valence-electron chi connectivity index (χ0n) is 12.2. The fourth-order valence-electron chi connectivity index (χ4n) is 3.08. The number of hydrogen-bond acceptors (Lipinski definition) is 3. The first-order chi connectivity index (χ1) is 8.99. The van der Waals surface area contributed by atoms with Crippen LogP contribution in [-0.2, 0) is 5.54 Å². The number of rotatable bonds is 1. The number of aryl methyl sites for hydroxylation is 1. The molecule has 102 valence electrons. The molecule has 1 aromatic heterocycles. The van der Waals surface area contributed by atoms with Gasteiger partial charge in [0, 0.05) is 19.6 Å². The molecule has 19 heavy (non-hydrogen) atoms. The van der Waals surface area contributed by atoms with Crippen LogP contribution in [0.5, 0.6) is 0 Å². The molecule has 1 aliphatic rings. The molecule has 0 saturated carbocycles. The smallest absolute Gasteiger partial charge is 0.104 e. The Hall–Kier alpha value is -1.39. The number of aromatic nitrogens is 2. The molecule has 0 radical (unpaired) electrons. The maximum Gasteiger partial charge on any atom is 0.104 e. The quantitative estimate of drug-likeness (QED) is 0.849. The summed E-state index contributed by atoms with van der Waals surface area (Å²) in [6.07, 6.45) is 0. The third kappa shape index (κ3) is 2.05. The van der Waals surface area contributed by atoms with Crippen molar-refractivity contribution in [2.45, 2.75) is 19.4 Å². The minimum absolute atomic E-state index is 0.0696. The van der Waals surface area contributed by atoms with Crippen molar-refractivity contribution in [3.8, 4) is 0 Å². The average Bonchev–Trinajstić information content (AvgIpc) is 2.73. The molecule has 1 fully saturated rings. The number of H-pyrrole nitrogens is 1. The van der Waals surface area contributed by atoms with Crippen LogP contribution in [-0.4, -0.2) is 53.5 Å². The fourth-order valence-corrected chi connectivity index (χ4v) is 3.08. The SMILES string of the molecule is Cc1nc2ccc(C3(C)CN(C)CCN3C)cc2[nH]1. The number of likely N-dealkylation sites (N-methyl/N-ethyl adjacent to an activating group) is 2. The van der Waals surface area contributed by atoms with E-state index >= 15 is 0 Å². The van der Waals surface area contributed by atoms with E-state index < -0.39 is 0 Å². The van der Waals surface area contributed by atoms with Gasteiger partial charge < -0.3 is 9.88 Å². The zero-order valence-corrected chi connectivity index (χ0v) is 12.2. The molecule has 0 bridgehead atoms. The molecule has 1 aliphatic heterocycles. The van der Waals surface area contributed by atoms with Crippen LogP contribution in [0, 0.1) is 6.92 Å². The van der Waals surface area contributed by atoms with Crippen molar-refractivity contribution in [2.75, 3.05) is 33.7 Å². The van der Waals surface area contributed by atoms with E-state index in [0.29, 0.717) is 0 Å². The van der Waals surface area contributed by atoms with E-state index in [9.17, 15) is 0 Å². The second kappa shape index (κ2) is 4.32. The largest absolute Gasteiger partial charge is 0.342 e. The van der Waals surface area contributed by atoms with Crippen LogP contribution in [0.3, 0.4) is 0 Å². The van der Waals surface area contributed by atoms with Crippen molar-refractivity contribution >= 4 is 11.0 Å². The van der Waals surface area contributed by atoms with Gasteiger partial charge in [-0.25, -0.2) is 4.98 Å². The molecule has 0 aliphatic carbocycles. The summed E-state index contributed by atoms with van der Waals surface area (Å²) in [5.74, 6) is 0.978. The lowest BCUT2D eigenvalue weighted by Gasteiger charge is -2.46. The van der Waals surface area contributed by atoms with Gasteiger partial charge in [0.15, 0.2) is 0 Å². The highest BCUT2D eigenvalue weighted by atomic mass is 15.3. The number of piperazine rings is 1. The number of benzene rings is 1. The third-order valence-corrected chi connectivity index (χ3v) is 4.46. The Morgan fingerprint density at radius 1 is 1.26 bits per heavy atom. The average molecular weight is 258 g/mol. The van der Waals surface area contributed by atoms with Gasteiger partial charge in [-0.15, -0.1) is 0 Å². The molecule has 1 unspecified atom stereocenters. The molecule has 1 aromatic carbocycles. The van der Waals surface area contributed by atoms with Crippen LogP contribution in [0.2, 0.25) is 0 Å². The van der Waals surface area contributed by atoms with Crippen molar-refractivity contribution < 1.29 is 0 Å². The summed E-state index contributed by atoms with van der Waals surface area (Å²) in [6.45, 7) is 7.63. The minimum atomic E-state index is 0.0696. The first kappa shape index (κ1) is 12.6. The monoisotopic (exact) mass is 258 g/mol. The Labute approximate surface area is 114 Å². The normalized spacial score (nSPS) is 26.1. The zero-order chi connectivity index (χ0) is 13.6. The molecular formula is C15H22N4. The van der Waals surface area contributed by atoms with E-state index in [1.165, 1.54) is 5.56 Å². The van der Waals surface area contributed by atoms with Gasteiger partial charge in [0.2, 0.25) is 0 Å². The topological polar surface area (TPSA) is 35.2 Å². The number of aromatic amines is 1. The number of hydrogen-bond donors (Lipinski definition) is 1. The van der Waals surface area contributed by atoms with Crippen LogP contribution < -0.4 is 0 Å². The Morgan fingerprint density at radius 3 is 2.84 bits per heavy atom. The molecule has 2 aromatic rings. The molecule has 0 spiro atoms. The predicted molar refractivity (Wildman–Crippen MR) is 78.3 cm³/mol. The minimum Gasteiger partial charge on any atom is -0.342 e. The van der Waals surface area contributed by atoms with Gasteiger partial charge in [-0.2, -0.15) is 0 Å². The van der Waals surface area contributed by atoms with Crippen molar-refractivity contribution in [3.63, 3.8) is 0 Å². The van der Waals surface area contributed by atoms with E-state index in [4.69, 9.17) is 0 Å². The van der Waals surface area contributed by atoms with Crippen molar-refractivity contribution in [3.05, 3.63) is 29.6 Å². The standard InChI is InChI=1S/C15H22N4/c1-11-16-13-6-5-12(9-14(13)17-11)15(2)10-18(3)7-8-19(15)4/h5-6,9H,7-8,10H2,1-4H3,(H,16,17). The van der Waals surface area contributed by atoms with Crippen LogP contribution in [0.15, 0.2) is 18.2 Å². The number of nitrogens with zero attached hydrogens (tertiary/aromatic N) is 3. The van der Waals surface area contributed by atoms with Gasteiger partial charge >= 0.3 is 0 Å². The van der Waals surface area contributed by atoms with Crippen molar-refractivity contribution in [1.29, 1.82) is 0 Å². The highest BCUT2D eigenvalue weighted by Crippen LogP contribution is 2.32. The van der Waals surface area contributed by atoms with Crippen LogP contribution in [0.4, 0.5) is 0 Å². The van der Waals surface area contributed by atoms with E-state index in [1.807, 2.05) is 6.92 Å². The van der Waals surface area contributed by atoms with Crippen LogP contribution >= 0.6 is 0 Å². The van der Waals surface area contributed by atoms with E-state index in [0.717, 1.165) is 36.5 Å². The summed E-state index contributed by atoms with van der Waals surface area (Å²) in [5.41, 5.74) is 3.62. The summed E-state index contributed by atoms with van der Waals surface area (Å²) in [5, 5.41) is 0. The first-order valence-electron chi connectivity index (χ1n) is 6.86. The van der Waals surface area contributed by atoms with Gasteiger partial charge in [0.25, 0.3) is 0 Å². The fraction of sp³-hybridized carbons (Fsp3) is 0.533. The van der Waals surface area contributed by atoms with Crippen molar-refractivity contribution in [2.24, 2.45) is 0 Å². The molecule has 1 saturated heterocycles. The maximum absolute atomic E-state index is 4.48. The molecule has 4 nitrogen and oxygen atoms in total. The molecule has 4 heteroatoms. The second-order valence-corrected chi connectivity index (χ2v) is 5.99. The summed E-state index contributed by atoms with van der Waals surface area (Å²) in [7, 11) is 4.42. The maximum atomic E-state index is 4.48. The Morgan fingerprint density at radius 2 is 2.05 bits per heavy atom. The first-order valence-corrected chi connectivity index (χ1v) is 6.86. The lowest BCUT2D eigenvalue weighted by molar-refractivity contribution is 0.0380. The molecule has 0 amide bonds. The summed E-state index contributed by atoms with van der Waals surface area (Å²) >= 11 is 0. The van der Waals surface area contributed by atoms with E-state index in [2.05, 4.69) is 59.0 Å². The van der Waals surface area contributed by atoms with Gasteiger partial charge in [0.05, 0.1) is 16.6 Å². The summed E-state index contributed by atoms with van der Waals surface area (Å²) in [4.78, 5) is 12.7. The van der Waals surface area contributed by atoms with Gasteiger partial charge in [-0.3, -0.25) is 4.90 Å². The molecule has 1 atom stereocenters. The van der Waals surface area contributed by atoms with Crippen LogP contribution in [0.25, 0.3) is 11.0 Å². The second-order valence-electron chi connectivity index (χ2n) is 5.99. The highest BCUT2D eigenvalue weighted by Gasteiger charge is 2.35. The number of imidazole rings is 1. The van der Waals surface area contributed by atoms with Crippen LogP contribution in [0.1, 0.15) is 18.3 Å². The van der Waals surface area contributed by atoms with E-state index in [-0.39, 0.29) is 5.54 Å². The molecular weight excluding hydrogens is 236 g/mol. The Balaban J connectivity index is 2.06. The lowest BCUT2D eigenvalue weighted by Crippen LogP contribution is -2.56. The van der Waals surface area contributed by atoms with Gasteiger partial charge in [-0.05, 0) is 45.6 Å². The Kier molecular flexibility index (Phi) is 2.87. The predicted octanol–water partition coefficient (Wildman–Crippen LogP) is 1.96. The number of nitrogens with one attached hydrogen (secondary N) is 1. The third-order valence-electron chi connectivity index (χ3n) is 4.46. The summed E-state index contributed by atoms with van der Waals surface area (Å²) < 4.78 is 0. The van der Waals surface area contributed by atoms with Gasteiger partial charge in [-0.1, -0.05) is 6.07 Å². The number of fused-ring (bicyclic) bond motifs is 1. The molecule has 3 rings (SSSR count). The van der Waals surface area contributed by atoms with E-state index in [1.54, 1.807) is 0 Å².